The summed E-state index contributed by atoms with van der Waals surface area (Å²) < 4.78 is 6.07. The van der Waals surface area contributed by atoms with Crippen LogP contribution in [0, 0.1) is 5.92 Å². The van der Waals surface area contributed by atoms with Gasteiger partial charge in [-0.05, 0) is 68.8 Å². The summed E-state index contributed by atoms with van der Waals surface area (Å²) >= 11 is 0. The van der Waals surface area contributed by atoms with Gasteiger partial charge in [0.25, 0.3) is 0 Å². The van der Waals surface area contributed by atoms with Crippen LogP contribution in [-0.2, 0) is 12.8 Å². The fourth-order valence-electron chi connectivity index (χ4n) is 3.46. The van der Waals surface area contributed by atoms with Crippen LogP contribution in [0.3, 0.4) is 0 Å². The van der Waals surface area contributed by atoms with Crippen LogP contribution in [0.1, 0.15) is 43.7 Å². The first-order valence-electron chi connectivity index (χ1n) is 9.90. The molecule has 1 saturated carbocycles. The number of ether oxygens (including phenoxy) is 1. The van der Waals surface area contributed by atoms with Gasteiger partial charge in [0.1, 0.15) is 5.75 Å². The molecule has 0 radical (unpaired) electrons. The number of hydrogen-bond acceptors (Lipinski definition) is 3. The van der Waals surface area contributed by atoms with Crippen molar-refractivity contribution < 1.29 is 4.74 Å². The van der Waals surface area contributed by atoms with Crippen molar-refractivity contribution in [3.8, 4) is 5.75 Å². The van der Waals surface area contributed by atoms with Crippen LogP contribution in [0.4, 0.5) is 0 Å². The highest BCUT2D eigenvalue weighted by atomic mass is 16.5. The Hall–Kier alpha value is -1.06. The molecular weight excluding hydrogens is 296 g/mol. The van der Waals surface area contributed by atoms with E-state index in [0.29, 0.717) is 0 Å². The van der Waals surface area contributed by atoms with Crippen molar-refractivity contribution in [2.75, 3.05) is 46.4 Å². The van der Waals surface area contributed by atoms with E-state index in [1.54, 1.807) is 0 Å². The minimum atomic E-state index is 0.822. The number of likely N-dealkylation sites (N-methyl/N-ethyl adjacent to an activating group) is 1. The van der Waals surface area contributed by atoms with Crippen molar-refractivity contribution in [1.29, 1.82) is 0 Å². The van der Waals surface area contributed by atoms with E-state index in [9.17, 15) is 0 Å². The van der Waals surface area contributed by atoms with Crippen LogP contribution in [0.5, 0.6) is 5.75 Å². The molecule has 0 spiro atoms. The molecule has 0 aromatic heterocycles. The molecule has 134 valence electrons. The molecule has 1 aliphatic heterocycles. The molecule has 1 heterocycles. The molecule has 0 unspecified atom stereocenters. The maximum atomic E-state index is 6.07. The molecule has 1 aromatic carbocycles. The Kier molecular flexibility index (Phi) is 6.56. The molecule has 24 heavy (non-hydrogen) atoms. The molecule has 1 saturated heterocycles. The fraction of sp³-hybridized carbons (Fsp3) is 0.714. The lowest BCUT2D eigenvalue weighted by Gasteiger charge is -2.32. The van der Waals surface area contributed by atoms with E-state index >= 15 is 0 Å². The molecule has 2 fully saturated rings. The molecule has 1 aliphatic carbocycles. The van der Waals surface area contributed by atoms with E-state index in [1.165, 1.54) is 76.0 Å². The summed E-state index contributed by atoms with van der Waals surface area (Å²) in [6.45, 7) is 9.29. The lowest BCUT2D eigenvalue weighted by Crippen LogP contribution is -2.44. The van der Waals surface area contributed by atoms with Gasteiger partial charge in [0, 0.05) is 26.2 Å². The van der Waals surface area contributed by atoms with Crippen molar-refractivity contribution >= 4 is 0 Å². The highest BCUT2D eigenvalue weighted by Crippen LogP contribution is 2.31. The van der Waals surface area contributed by atoms with Crippen molar-refractivity contribution in [3.63, 3.8) is 0 Å². The Morgan fingerprint density at radius 2 is 1.88 bits per heavy atom. The highest BCUT2D eigenvalue weighted by molar-refractivity contribution is 5.37. The van der Waals surface area contributed by atoms with Gasteiger partial charge in [0.15, 0.2) is 0 Å². The molecule has 0 atom stereocenters. The number of benzene rings is 1. The van der Waals surface area contributed by atoms with Gasteiger partial charge in [-0.15, -0.1) is 0 Å². The minimum absolute atomic E-state index is 0.822. The smallest absolute Gasteiger partial charge is 0.122 e. The van der Waals surface area contributed by atoms with E-state index in [2.05, 4.69) is 42.0 Å². The molecule has 1 aromatic rings. The first-order valence-corrected chi connectivity index (χ1v) is 9.90. The van der Waals surface area contributed by atoms with Crippen molar-refractivity contribution in [2.24, 2.45) is 5.92 Å². The SMILES string of the molecule is CCCc1cc(CCCN2CCN(C)CC2)ccc1OCC1CC1. The maximum absolute atomic E-state index is 6.07. The van der Waals surface area contributed by atoms with Gasteiger partial charge >= 0.3 is 0 Å². The van der Waals surface area contributed by atoms with E-state index < -0.39 is 0 Å². The minimum Gasteiger partial charge on any atom is -0.493 e. The van der Waals surface area contributed by atoms with Gasteiger partial charge in [-0.2, -0.15) is 0 Å². The zero-order valence-electron chi connectivity index (χ0n) is 15.6. The van der Waals surface area contributed by atoms with Gasteiger partial charge < -0.3 is 14.5 Å². The van der Waals surface area contributed by atoms with Crippen LogP contribution < -0.4 is 4.74 Å². The topological polar surface area (TPSA) is 15.7 Å². The summed E-state index contributed by atoms with van der Waals surface area (Å²) in [5, 5.41) is 0. The quantitative estimate of drug-likeness (QED) is 0.688. The zero-order valence-corrected chi connectivity index (χ0v) is 15.6. The summed E-state index contributed by atoms with van der Waals surface area (Å²) in [5.74, 6) is 1.95. The monoisotopic (exact) mass is 330 g/mol. The Morgan fingerprint density at radius 1 is 1.08 bits per heavy atom. The van der Waals surface area contributed by atoms with Gasteiger partial charge in [-0.3, -0.25) is 0 Å². The summed E-state index contributed by atoms with van der Waals surface area (Å²) in [5.41, 5.74) is 2.89. The van der Waals surface area contributed by atoms with Gasteiger partial charge in [-0.25, -0.2) is 0 Å². The molecule has 3 nitrogen and oxygen atoms in total. The van der Waals surface area contributed by atoms with Crippen LogP contribution in [0.15, 0.2) is 18.2 Å². The largest absolute Gasteiger partial charge is 0.493 e. The molecule has 3 heteroatoms. The van der Waals surface area contributed by atoms with Crippen molar-refractivity contribution in [2.45, 2.75) is 45.4 Å². The normalized spacial score (nSPS) is 19.6. The van der Waals surface area contributed by atoms with Crippen molar-refractivity contribution in [3.05, 3.63) is 29.3 Å². The predicted molar refractivity (Wildman–Crippen MR) is 101 cm³/mol. The molecular formula is C21H34N2O. The Morgan fingerprint density at radius 3 is 2.58 bits per heavy atom. The number of rotatable bonds is 9. The third-order valence-corrected chi connectivity index (χ3v) is 5.35. The lowest BCUT2D eigenvalue weighted by atomic mass is 10.0. The van der Waals surface area contributed by atoms with E-state index in [-0.39, 0.29) is 0 Å². The second kappa shape index (κ2) is 8.87. The van der Waals surface area contributed by atoms with E-state index in [4.69, 9.17) is 4.74 Å². The summed E-state index contributed by atoms with van der Waals surface area (Å²) in [6, 6.07) is 6.90. The summed E-state index contributed by atoms with van der Waals surface area (Å²) in [6.07, 6.45) is 7.47. The van der Waals surface area contributed by atoms with Crippen LogP contribution in [0.2, 0.25) is 0 Å². The predicted octanol–water partition coefficient (Wildman–Crippen LogP) is 3.61. The number of piperazine rings is 1. The Balaban J connectivity index is 1.48. The van der Waals surface area contributed by atoms with Gasteiger partial charge in [-0.1, -0.05) is 25.5 Å². The first-order chi connectivity index (χ1) is 11.7. The molecule has 0 N–H and O–H groups in total. The summed E-state index contributed by atoms with van der Waals surface area (Å²) in [4.78, 5) is 5.04. The van der Waals surface area contributed by atoms with E-state index in [1.807, 2.05) is 0 Å². The third kappa shape index (κ3) is 5.49. The van der Waals surface area contributed by atoms with Crippen LogP contribution in [-0.4, -0.2) is 56.2 Å². The van der Waals surface area contributed by atoms with Crippen molar-refractivity contribution in [1.82, 2.24) is 9.80 Å². The fourth-order valence-corrected chi connectivity index (χ4v) is 3.46. The number of nitrogens with zero attached hydrogens (tertiary/aromatic N) is 2. The maximum Gasteiger partial charge on any atom is 0.122 e. The molecule has 3 rings (SSSR count). The molecule has 2 aliphatic rings. The third-order valence-electron chi connectivity index (χ3n) is 5.35. The highest BCUT2D eigenvalue weighted by Gasteiger charge is 2.22. The Bertz CT molecular complexity index is 505. The first kappa shape index (κ1) is 17.8. The lowest BCUT2D eigenvalue weighted by molar-refractivity contribution is 0.153. The Labute approximate surface area is 148 Å². The molecule has 0 bridgehead atoms. The van der Waals surface area contributed by atoms with Gasteiger partial charge in [0.05, 0.1) is 6.61 Å². The standard InChI is InChI=1S/C21H34N2O/c1-3-5-20-16-18(9-10-21(20)24-17-19-7-8-19)6-4-11-23-14-12-22(2)13-15-23/h9-10,16,19H,3-8,11-15,17H2,1-2H3. The zero-order chi connectivity index (χ0) is 16.8. The average Bonchev–Trinajstić information content (AvgIpc) is 3.41. The van der Waals surface area contributed by atoms with Crippen LogP contribution >= 0.6 is 0 Å². The second-order valence-corrected chi connectivity index (χ2v) is 7.69. The number of hydrogen-bond donors (Lipinski definition) is 0. The summed E-state index contributed by atoms with van der Waals surface area (Å²) in [7, 11) is 2.22. The average molecular weight is 331 g/mol. The van der Waals surface area contributed by atoms with E-state index in [0.717, 1.165) is 24.7 Å². The molecule has 0 amide bonds. The van der Waals surface area contributed by atoms with Gasteiger partial charge in [0.2, 0.25) is 0 Å². The van der Waals surface area contributed by atoms with Crippen LogP contribution in [0.25, 0.3) is 0 Å². The number of aryl methyl sites for hydroxylation is 2. The second-order valence-electron chi connectivity index (χ2n) is 7.69.